The minimum Gasteiger partial charge on any atom is -0.391 e. The van der Waals surface area contributed by atoms with Crippen LogP contribution in [0.5, 0.6) is 0 Å². The maximum atomic E-state index is 13.0. The van der Waals surface area contributed by atoms with Gasteiger partial charge in [0, 0.05) is 67.2 Å². The number of aromatic nitrogens is 5. The van der Waals surface area contributed by atoms with E-state index in [0.29, 0.717) is 59.0 Å². The largest absolute Gasteiger partial charge is 0.391 e. The van der Waals surface area contributed by atoms with Crippen LogP contribution in [0.4, 0.5) is 22.1 Å². The highest BCUT2D eigenvalue weighted by molar-refractivity contribution is 6.30. The number of pyridine rings is 2. The Hall–Kier alpha value is -4.62. The molecule has 4 aromatic heterocycles. The minimum absolute atomic E-state index is 0.0119. The highest BCUT2D eigenvalue weighted by Crippen LogP contribution is 2.48. The predicted octanol–water partition coefficient (Wildman–Crippen LogP) is 3.50. The number of nitrogens with one attached hydrogen (secondary N) is 1. The summed E-state index contributed by atoms with van der Waals surface area (Å²) in [7, 11) is 1.49. The monoisotopic (exact) mass is 627 g/mol. The van der Waals surface area contributed by atoms with E-state index in [1.807, 2.05) is 27.8 Å². The average Bonchev–Trinajstić information content (AvgIpc) is 3.94. The summed E-state index contributed by atoms with van der Waals surface area (Å²) in [5.74, 6) is 0.698. The van der Waals surface area contributed by atoms with Gasteiger partial charge in [-0.25, -0.2) is 19.7 Å². The number of likely N-dealkylation sites (N-methyl/N-ethyl adjacent to an activating group) is 1. The van der Waals surface area contributed by atoms with Crippen molar-refractivity contribution in [3.8, 4) is 0 Å². The minimum atomic E-state index is -0.627. The van der Waals surface area contributed by atoms with Crippen molar-refractivity contribution >= 4 is 52.4 Å². The average molecular weight is 628 g/mol. The number of rotatable bonds is 7. The molecule has 0 aromatic carbocycles. The molecule has 2 N–H and O–H groups in total. The van der Waals surface area contributed by atoms with Crippen LogP contribution < -0.4 is 15.1 Å². The number of aliphatic hydroxyl groups is 1. The molecule has 4 amide bonds. The summed E-state index contributed by atoms with van der Waals surface area (Å²) in [4.78, 5) is 61.0. The van der Waals surface area contributed by atoms with Crippen molar-refractivity contribution in [2.45, 2.75) is 49.7 Å². The fourth-order valence-electron chi connectivity index (χ4n) is 6.48. The van der Waals surface area contributed by atoms with Gasteiger partial charge in [0.2, 0.25) is 11.8 Å². The van der Waals surface area contributed by atoms with E-state index in [1.165, 1.54) is 18.3 Å². The molecule has 14 heteroatoms. The summed E-state index contributed by atoms with van der Waals surface area (Å²) >= 11 is 6.10. The van der Waals surface area contributed by atoms with Gasteiger partial charge in [0.05, 0.1) is 23.5 Å². The molecule has 4 aliphatic rings. The number of hydrogen-bond acceptors (Lipinski definition) is 9. The van der Waals surface area contributed by atoms with Gasteiger partial charge in [0.15, 0.2) is 5.65 Å². The Bertz CT molecular complexity index is 1880. The van der Waals surface area contributed by atoms with Gasteiger partial charge in [-0.3, -0.25) is 24.4 Å². The van der Waals surface area contributed by atoms with Gasteiger partial charge in [-0.05, 0) is 48.9 Å². The molecule has 6 heterocycles. The van der Waals surface area contributed by atoms with Crippen LogP contribution >= 0.6 is 11.6 Å². The molecule has 4 fully saturated rings. The number of carbonyl (C=O) groups excluding carboxylic acids is 3. The summed E-state index contributed by atoms with van der Waals surface area (Å²) in [5.41, 5.74) is 3.76. The fraction of sp³-hybridized carbons (Fsp3) is 0.387. The Labute approximate surface area is 262 Å². The second-order valence-electron chi connectivity index (χ2n) is 12.3. The van der Waals surface area contributed by atoms with Crippen molar-refractivity contribution in [2.75, 3.05) is 35.3 Å². The van der Waals surface area contributed by atoms with E-state index >= 15 is 0 Å². The molecular formula is C31H30ClN9O4. The lowest BCUT2D eigenvalue weighted by Crippen LogP contribution is -2.30. The molecule has 8 rings (SSSR count). The number of urea groups is 1. The molecule has 2 saturated heterocycles. The van der Waals surface area contributed by atoms with Gasteiger partial charge >= 0.3 is 6.03 Å². The quantitative estimate of drug-likeness (QED) is 0.294. The van der Waals surface area contributed by atoms with Crippen molar-refractivity contribution in [2.24, 2.45) is 5.92 Å². The van der Waals surface area contributed by atoms with Crippen molar-refractivity contribution < 1.29 is 19.5 Å². The summed E-state index contributed by atoms with van der Waals surface area (Å²) in [5, 5.41) is 14.3. The number of carbonyl (C=O) groups is 3. The van der Waals surface area contributed by atoms with Crippen LogP contribution in [0, 0.1) is 5.92 Å². The number of imidazole rings is 1. The Kier molecular flexibility index (Phi) is 6.50. The molecule has 4 aromatic rings. The molecule has 0 radical (unpaired) electrons. The smallest absolute Gasteiger partial charge is 0.331 e. The number of halogens is 1. The number of hydrogen-bond donors (Lipinski definition) is 2. The number of fused-ring (bicyclic) bond motifs is 1. The number of amides is 4. The van der Waals surface area contributed by atoms with Crippen molar-refractivity contribution in [3.63, 3.8) is 0 Å². The molecule has 2 aliphatic carbocycles. The highest BCUT2D eigenvalue weighted by Gasteiger charge is 2.45. The van der Waals surface area contributed by atoms with Gasteiger partial charge < -0.3 is 19.7 Å². The zero-order valence-corrected chi connectivity index (χ0v) is 25.1. The second-order valence-corrected chi connectivity index (χ2v) is 12.7. The molecule has 2 saturated carbocycles. The van der Waals surface area contributed by atoms with Crippen LogP contribution in [-0.4, -0.2) is 78.4 Å². The third kappa shape index (κ3) is 5.05. The topological polar surface area (TPSA) is 149 Å². The zero-order chi connectivity index (χ0) is 31.0. The fourth-order valence-corrected chi connectivity index (χ4v) is 6.65. The Balaban J connectivity index is 1.06. The van der Waals surface area contributed by atoms with E-state index < -0.39 is 6.10 Å². The van der Waals surface area contributed by atoms with E-state index in [1.54, 1.807) is 24.4 Å². The first-order valence-electron chi connectivity index (χ1n) is 15.0. The molecular weight excluding hydrogens is 598 g/mol. The van der Waals surface area contributed by atoms with E-state index in [-0.39, 0.29) is 42.3 Å². The van der Waals surface area contributed by atoms with Gasteiger partial charge in [0.1, 0.15) is 24.5 Å². The maximum Gasteiger partial charge on any atom is 0.331 e. The zero-order valence-electron chi connectivity index (χ0n) is 24.4. The van der Waals surface area contributed by atoms with Crippen LogP contribution in [0.3, 0.4) is 0 Å². The van der Waals surface area contributed by atoms with Crippen LogP contribution in [-0.2, 0) is 9.59 Å². The van der Waals surface area contributed by atoms with Gasteiger partial charge in [-0.1, -0.05) is 11.6 Å². The molecule has 0 spiro atoms. The van der Waals surface area contributed by atoms with Gasteiger partial charge in [-0.15, -0.1) is 0 Å². The standard InChI is InChI=1S/C31H30ClN9O4/c1-38-28(43)14-41(31(38)45)25-6-17(16-2-3-16)11-39-13-23(36-29(25)39)24-8-19(42)12-40(24)27-10-26(34-15-35-27)37-30(44)21-9-20(21)22-7-18(32)4-5-33-22/h4-7,10-11,13,15-16,19-21,24,42H,2-3,8-9,12,14H2,1H3,(H,34,35,37,44)/t19-,20-,21-,24+/m0/s1. The lowest BCUT2D eigenvalue weighted by atomic mass is 10.1. The molecule has 0 unspecified atom stereocenters. The Morgan fingerprint density at radius 3 is 2.67 bits per heavy atom. The predicted molar refractivity (Wildman–Crippen MR) is 164 cm³/mol. The van der Waals surface area contributed by atoms with E-state index in [4.69, 9.17) is 16.6 Å². The SMILES string of the molecule is CN1C(=O)CN(c2cc(C3CC3)cn3cc([C@H]4C[C@H](O)CN4c4cc(NC(=O)[C@H]5C[C@@H]5c5cc(Cl)ccn5)ncn4)nc23)C1=O. The number of aliphatic hydroxyl groups excluding tert-OH is 1. The normalized spacial score (nSPS) is 24.6. The van der Waals surface area contributed by atoms with Crippen LogP contribution in [0.15, 0.2) is 49.2 Å². The number of β-amino-alcohol motifs (C(OH)–C–C–N with tert-alkyl or cyclic N) is 1. The number of nitrogens with zero attached hydrogens (tertiary/aromatic N) is 8. The van der Waals surface area contributed by atoms with Crippen LogP contribution in [0.25, 0.3) is 5.65 Å². The van der Waals surface area contributed by atoms with Gasteiger partial charge in [-0.2, -0.15) is 0 Å². The molecule has 13 nitrogen and oxygen atoms in total. The summed E-state index contributed by atoms with van der Waals surface area (Å²) in [6.45, 7) is 0.278. The highest BCUT2D eigenvalue weighted by atomic mass is 35.5. The van der Waals surface area contributed by atoms with Crippen molar-refractivity contribution in [1.82, 2.24) is 29.2 Å². The third-order valence-corrected chi connectivity index (χ3v) is 9.40. The first kappa shape index (κ1) is 27.9. The summed E-state index contributed by atoms with van der Waals surface area (Å²) < 4.78 is 1.92. The van der Waals surface area contributed by atoms with Gasteiger partial charge in [0.25, 0.3) is 0 Å². The first-order chi connectivity index (χ1) is 21.7. The molecule has 0 bridgehead atoms. The van der Waals surface area contributed by atoms with Crippen LogP contribution in [0.2, 0.25) is 5.02 Å². The Morgan fingerprint density at radius 2 is 1.91 bits per heavy atom. The first-order valence-corrected chi connectivity index (χ1v) is 15.4. The molecule has 2 aliphatic heterocycles. The summed E-state index contributed by atoms with van der Waals surface area (Å²) in [6.07, 6.45) is 9.63. The van der Waals surface area contributed by atoms with Crippen LogP contribution in [0.1, 0.15) is 60.5 Å². The van der Waals surface area contributed by atoms with E-state index in [9.17, 15) is 19.5 Å². The number of imide groups is 1. The molecule has 230 valence electrons. The van der Waals surface area contributed by atoms with E-state index in [0.717, 1.165) is 29.0 Å². The second kappa shape index (κ2) is 10.5. The Morgan fingerprint density at radius 1 is 1.07 bits per heavy atom. The molecule has 45 heavy (non-hydrogen) atoms. The lowest BCUT2D eigenvalue weighted by Gasteiger charge is -2.24. The number of anilines is 3. The summed E-state index contributed by atoms with van der Waals surface area (Å²) in [6, 6.07) is 6.47. The van der Waals surface area contributed by atoms with E-state index in [2.05, 4.69) is 20.3 Å². The molecule has 4 atom stereocenters. The lowest BCUT2D eigenvalue weighted by molar-refractivity contribution is -0.124. The van der Waals surface area contributed by atoms with Crippen molar-refractivity contribution in [3.05, 3.63) is 71.2 Å². The third-order valence-electron chi connectivity index (χ3n) is 9.17. The van der Waals surface area contributed by atoms with Crippen molar-refractivity contribution in [1.29, 1.82) is 0 Å². The maximum absolute atomic E-state index is 13.0.